The first kappa shape index (κ1) is 25.5. The number of ether oxygens (including phenoxy) is 1. The first-order valence-corrected chi connectivity index (χ1v) is 12.6. The van der Waals surface area contributed by atoms with Crippen LogP contribution in [0.5, 0.6) is 0 Å². The maximum absolute atomic E-state index is 13.2. The van der Waals surface area contributed by atoms with Crippen LogP contribution >= 0.6 is 0 Å². The molecule has 0 saturated heterocycles. The van der Waals surface area contributed by atoms with Crippen molar-refractivity contribution in [1.82, 2.24) is 0 Å². The second-order valence-electron chi connectivity index (χ2n) is 12.1. The van der Waals surface area contributed by atoms with Crippen LogP contribution in [0.15, 0.2) is 11.1 Å². The van der Waals surface area contributed by atoms with E-state index in [1.807, 2.05) is 0 Å². The lowest BCUT2D eigenvalue weighted by molar-refractivity contribution is -0.163. The van der Waals surface area contributed by atoms with Crippen molar-refractivity contribution in [3.05, 3.63) is 11.1 Å². The molecule has 0 aromatic heterocycles. The summed E-state index contributed by atoms with van der Waals surface area (Å²) in [5.41, 5.74) is 3.51. The maximum Gasteiger partial charge on any atom is 0.308 e. The van der Waals surface area contributed by atoms with Crippen molar-refractivity contribution in [3.63, 3.8) is 0 Å². The third kappa shape index (κ3) is 3.90. The SMILES string of the molecule is CCCCC(C)C1=C(C)C(C)(C)C2CC(C)CC(C(=O)OC)C2C1(C)C(C)(C)CC. The molecule has 0 aliphatic heterocycles. The molecule has 6 atom stereocenters. The van der Waals surface area contributed by atoms with Gasteiger partial charge in [-0.15, -0.1) is 0 Å². The fourth-order valence-corrected chi connectivity index (χ4v) is 7.39. The summed E-state index contributed by atoms with van der Waals surface area (Å²) >= 11 is 0. The Morgan fingerprint density at radius 3 is 2.30 bits per heavy atom. The van der Waals surface area contributed by atoms with E-state index in [0.29, 0.717) is 23.7 Å². The van der Waals surface area contributed by atoms with Crippen LogP contribution in [0, 0.1) is 45.8 Å². The molecule has 0 bridgehead atoms. The van der Waals surface area contributed by atoms with Gasteiger partial charge in [-0.05, 0) is 66.1 Å². The molecule has 2 nitrogen and oxygen atoms in total. The lowest BCUT2D eigenvalue weighted by Gasteiger charge is -2.65. The molecule has 0 spiro atoms. The molecule has 2 aliphatic carbocycles. The lowest BCUT2D eigenvalue weighted by Crippen LogP contribution is -2.59. The molecule has 30 heavy (non-hydrogen) atoms. The minimum absolute atomic E-state index is 0.000301. The van der Waals surface area contributed by atoms with E-state index in [1.54, 1.807) is 18.3 Å². The Morgan fingerprint density at radius 2 is 1.80 bits per heavy atom. The third-order valence-electron chi connectivity index (χ3n) is 9.98. The summed E-state index contributed by atoms with van der Waals surface area (Å²) in [6, 6.07) is 0. The van der Waals surface area contributed by atoms with Crippen molar-refractivity contribution >= 4 is 5.97 Å². The Kier molecular flexibility index (Phi) is 7.63. The fourth-order valence-electron chi connectivity index (χ4n) is 7.39. The van der Waals surface area contributed by atoms with Crippen molar-refractivity contribution < 1.29 is 9.53 Å². The summed E-state index contributed by atoms with van der Waals surface area (Å²) < 4.78 is 5.43. The Hall–Kier alpha value is -0.790. The monoisotopic (exact) mass is 418 g/mol. The van der Waals surface area contributed by atoms with Gasteiger partial charge in [-0.1, -0.05) is 92.7 Å². The van der Waals surface area contributed by atoms with Crippen LogP contribution in [0.2, 0.25) is 0 Å². The van der Waals surface area contributed by atoms with Gasteiger partial charge in [-0.2, -0.15) is 0 Å². The molecular formula is C28H50O2. The number of hydrogen-bond donors (Lipinski definition) is 0. The number of hydrogen-bond acceptors (Lipinski definition) is 2. The van der Waals surface area contributed by atoms with Crippen LogP contribution in [0.25, 0.3) is 0 Å². The van der Waals surface area contributed by atoms with Gasteiger partial charge in [-0.25, -0.2) is 0 Å². The second kappa shape index (κ2) is 8.99. The van der Waals surface area contributed by atoms with Crippen LogP contribution in [0.4, 0.5) is 0 Å². The van der Waals surface area contributed by atoms with Gasteiger partial charge in [0, 0.05) is 0 Å². The number of rotatable bonds is 7. The molecule has 2 rings (SSSR count). The normalized spacial score (nSPS) is 35.0. The Labute approximate surface area is 187 Å². The van der Waals surface area contributed by atoms with Crippen LogP contribution in [-0.4, -0.2) is 13.1 Å². The Morgan fingerprint density at radius 1 is 1.20 bits per heavy atom. The predicted molar refractivity (Wildman–Crippen MR) is 128 cm³/mol. The van der Waals surface area contributed by atoms with Crippen molar-refractivity contribution in [1.29, 1.82) is 0 Å². The number of carbonyl (C=O) groups excluding carboxylic acids is 1. The molecule has 1 fully saturated rings. The summed E-state index contributed by atoms with van der Waals surface area (Å²) in [5.74, 6) is 2.00. The molecule has 6 unspecified atom stereocenters. The van der Waals surface area contributed by atoms with E-state index in [0.717, 1.165) is 12.8 Å². The van der Waals surface area contributed by atoms with Crippen molar-refractivity contribution in [3.8, 4) is 0 Å². The van der Waals surface area contributed by atoms with E-state index < -0.39 is 0 Å². The van der Waals surface area contributed by atoms with Gasteiger partial charge < -0.3 is 4.74 Å². The van der Waals surface area contributed by atoms with E-state index in [1.165, 1.54) is 25.7 Å². The highest BCUT2D eigenvalue weighted by molar-refractivity contribution is 5.73. The predicted octanol–water partition coefficient (Wildman–Crippen LogP) is 8.06. The highest BCUT2D eigenvalue weighted by Gasteiger charge is 2.63. The number of allylic oxidation sites excluding steroid dienone is 2. The number of esters is 1. The van der Waals surface area contributed by atoms with E-state index in [9.17, 15) is 4.79 Å². The highest BCUT2D eigenvalue weighted by atomic mass is 16.5. The number of carbonyl (C=O) groups is 1. The molecule has 0 aromatic rings. The second-order valence-corrected chi connectivity index (χ2v) is 12.1. The van der Waals surface area contributed by atoms with Gasteiger partial charge in [-0.3, -0.25) is 4.79 Å². The summed E-state index contributed by atoms with van der Waals surface area (Å²) in [6.45, 7) is 24.2. The average Bonchev–Trinajstić information content (AvgIpc) is 2.69. The third-order valence-corrected chi connectivity index (χ3v) is 9.98. The minimum atomic E-state index is -0.00181. The maximum atomic E-state index is 13.2. The van der Waals surface area contributed by atoms with E-state index in [2.05, 4.69) is 69.2 Å². The van der Waals surface area contributed by atoms with Crippen LogP contribution < -0.4 is 0 Å². The van der Waals surface area contributed by atoms with E-state index in [-0.39, 0.29) is 28.1 Å². The molecule has 0 N–H and O–H groups in total. The zero-order valence-corrected chi connectivity index (χ0v) is 21.9. The number of methoxy groups -OCH3 is 1. The smallest absolute Gasteiger partial charge is 0.308 e. The van der Waals surface area contributed by atoms with Gasteiger partial charge in [0.1, 0.15) is 0 Å². The summed E-state index contributed by atoms with van der Waals surface area (Å²) in [4.78, 5) is 13.2. The van der Waals surface area contributed by atoms with Crippen molar-refractivity contribution in [2.75, 3.05) is 7.11 Å². The van der Waals surface area contributed by atoms with Crippen LogP contribution in [0.1, 0.15) is 108 Å². The van der Waals surface area contributed by atoms with Crippen LogP contribution in [-0.2, 0) is 9.53 Å². The van der Waals surface area contributed by atoms with Gasteiger partial charge in [0.05, 0.1) is 13.0 Å². The van der Waals surface area contributed by atoms with Crippen LogP contribution in [0.3, 0.4) is 0 Å². The van der Waals surface area contributed by atoms with Gasteiger partial charge in [0.25, 0.3) is 0 Å². The molecule has 0 radical (unpaired) electrons. The minimum Gasteiger partial charge on any atom is -0.469 e. The molecule has 2 aliphatic rings. The molecule has 0 aromatic carbocycles. The van der Waals surface area contributed by atoms with Gasteiger partial charge >= 0.3 is 5.97 Å². The first-order chi connectivity index (χ1) is 13.8. The molecule has 0 amide bonds. The number of fused-ring (bicyclic) bond motifs is 1. The molecular weight excluding hydrogens is 368 g/mol. The zero-order valence-electron chi connectivity index (χ0n) is 21.9. The largest absolute Gasteiger partial charge is 0.469 e. The first-order valence-electron chi connectivity index (χ1n) is 12.6. The number of unbranched alkanes of at least 4 members (excludes halogenated alkanes) is 1. The summed E-state index contributed by atoms with van der Waals surface area (Å²) in [7, 11) is 1.58. The average molecular weight is 419 g/mol. The molecule has 174 valence electrons. The summed E-state index contributed by atoms with van der Waals surface area (Å²) in [6.07, 6.45) is 7.05. The Bertz CT molecular complexity index is 656. The van der Waals surface area contributed by atoms with Gasteiger partial charge in [0.15, 0.2) is 0 Å². The lowest BCUT2D eigenvalue weighted by atomic mass is 9.39. The molecule has 2 heteroatoms. The standard InChI is InChI=1S/C28H50O2/c1-12-14-15-19(4)23-20(5)27(8,9)22-17-18(3)16-21(25(29)30-11)24(22)28(23,10)26(6,7)13-2/h18-19,21-22,24H,12-17H2,1-11H3. The topological polar surface area (TPSA) is 26.3 Å². The van der Waals surface area contributed by atoms with E-state index >= 15 is 0 Å². The fraction of sp³-hybridized carbons (Fsp3) is 0.893. The quantitative estimate of drug-likeness (QED) is 0.308. The highest BCUT2D eigenvalue weighted by Crippen LogP contribution is 2.69. The van der Waals surface area contributed by atoms with E-state index in [4.69, 9.17) is 4.74 Å². The zero-order chi connectivity index (χ0) is 23.1. The Balaban J connectivity index is 2.83. The van der Waals surface area contributed by atoms with Gasteiger partial charge in [0.2, 0.25) is 0 Å². The molecule has 1 saturated carbocycles. The molecule has 0 heterocycles. The van der Waals surface area contributed by atoms with Crippen molar-refractivity contribution in [2.24, 2.45) is 45.8 Å². The summed E-state index contributed by atoms with van der Waals surface area (Å²) in [5, 5.41) is 0. The van der Waals surface area contributed by atoms with Crippen molar-refractivity contribution in [2.45, 2.75) is 108 Å².